The smallest absolute Gasteiger partial charge is 0.115 e. The minimum atomic E-state index is 0.0872. The molecule has 0 bridgehead atoms. The summed E-state index contributed by atoms with van der Waals surface area (Å²) in [5.74, 6) is 2.25. The molecule has 31 heavy (non-hydrogen) atoms. The van der Waals surface area contributed by atoms with Gasteiger partial charge in [-0.3, -0.25) is 4.90 Å². The van der Waals surface area contributed by atoms with E-state index in [2.05, 4.69) is 29.8 Å². The van der Waals surface area contributed by atoms with Gasteiger partial charge in [-0.1, -0.05) is 57.6 Å². The average molecular weight is 427 g/mol. The predicted molar refractivity (Wildman–Crippen MR) is 130 cm³/mol. The fourth-order valence-corrected chi connectivity index (χ4v) is 6.96. The summed E-state index contributed by atoms with van der Waals surface area (Å²) in [6.07, 6.45) is 17.7. The number of benzene rings is 1. The molecule has 4 rings (SSSR count). The van der Waals surface area contributed by atoms with Crippen LogP contribution in [-0.4, -0.2) is 47.6 Å². The highest BCUT2D eigenvalue weighted by Gasteiger charge is 2.42. The molecule has 174 valence electrons. The normalized spacial score (nSPS) is 31.2. The van der Waals surface area contributed by atoms with Crippen LogP contribution >= 0.6 is 0 Å². The first kappa shape index (κ1) is 23.1. The van der Waals surface area contributed by atoms with Crippen molar-refractivity contribution >= 4 is 0 Å². The van der Waals surface area contributed by atoms with Crippen LogP contribution in [0.2, 0.25) is 0 Å². The molecule has 3 heteroatoms. The van der Waals surface area contributed by atoms with Gasteiger partial charge in [-0.25, -0.2) is 0 Å². The highest BCUT2D eigenvalue weighted by molar-refractivity contribution is 5.33. The molecule has 1 aromatic rings. The van der Waals surface area contributed by atoms with Crippen molar-refractivity contribution < 1.29 is 5.11 Å². The zero-order valence-electron chi connectivity index (χ0n) is 20.2. The molecule has 0 spiro atoms. The van der Waals surface area contributed by atoms with Crippen molar-refractivity contribution in [1.29, 1.82) is 0 Å². The summed E-state index contributed by atoms with van der Waals surface area (Å²) in [6.45, 7) is 6.17. The summed E-state index contributed by atoms with van der Waals surface area (Å²) >= 11 is 0. The molecule has 1 saturated heterocycles. The fourth-order valence-electron chi connectivity index (χ4n) is 6.96. The maximum atomic E-state index is 10.3. The molecule has 1 N–H and O–H groups in total. The van der Waals surface area contributed by atoms with Crippen LogP contribution in [0.5, 0.6) is 5.75 Å². The van der Waals surface area contributed by atoms with Crippen molar-refractivity contribution in [3.05, 3.63) is 29.8 Å². The van der Waals surface area contributed by atoms with E-state index < -0.39 is 0 Å². The van der Waals surface area contributed by atoms with Gasteiger partial charge in [-0.15, -0.1) is 0 Å². The minimum absolute atomic E-state index is 0.0872. The van der Waals surface area contributed by atoms with Crippen LogP contribution < -0.4 is 0 Å². The molecular weight excluding hydrogens is 380 g/mol. The lowest BCUT2D eigenvalue weighted by atomic mass is 9.72. The Morgan fingerprint density at radius 3 is 2.45 bits per heavy atom. The van der Waals surface area contributed by atoms with E-state index in [1.54, 1.807) is 0 Å². The van der Waals surface area contributed by atoms with E-state index >= 15 is 0 Å². The average Bonchev–Trinajstić information content (AvgIpc) is 2.83. The number of nitrogens with zero attached hydrogens (tertiary/aromatic N) is 2. The van der Waals surface area contributed by atoms with Gasteiger partial charge in [0.25, 0.3) is 0 Å². The van der Waals surface area contributed by atoms with Crippen molar-refractivity contribution in [2.24, 2.45) is 11.8 Å². The topological polar surface area (TPSA) is 26.7 Å². The number of likely N-dealkylation sites (tertiary alicyclic amines) is 1. The molecule has 0 amide bonds. The number of hydrogen-bond donors (Lipinski definition) is 1. The summed E-state index contributed by atoms with van der Waals surface area (Å²) in [5, 5.41) is 10.3. The van der Waals surface area contributed by atoms with Crippen LogP contribution in [0.4, 0.5) is 0 Å². The monoisotopic (exact) mass is 426 g/mol. The third-order valence-corrected chi connectivity index (χ3v) is 9.14. The molecule has 3 aliphatic rings. The zero-order valence-corrected chi connectivity index (χ0v) is 20.2. The van der Waals surface area contributed by atoms with E-state index in [0.29, 0.717) is 5.75 Å². The molecule has 3 fully saturated rings. The lowest BCUT2D eigenvalue weighted by Gasteiger charge is -2.50. The van der Waals surface area contributed by atoms with Crippen molar-refractivity contribution in [2.45, 2.75) is 102 Å². The van der Waals surface area contributed by atoms with Crippen LogP contribution in [0, 0.1) is 11.8 Å². The highest BCUT2D eigenvalue weighted by Crippen LogP contribution is 2.44. The van der Waals surface area contributed by atoms with E-state index in [9.17, 15) is 5.11 Å². The maximum Gasteiger partial charge on any atom is 0.115 e. The number of piperidine rings is 1. The van der Waals surface area contributed by atoms with Gasteiger partial charge in [0.05, 0.1) is 0 Å². The summed E-state index contributed by atoms with van der Waals surface area (Å²) in [4.78, 5) is 5.50. The van der Waals surface area contributed by atoms with E-state index in [-0.39, 0.29) is 5.54 Å². The van der Waals surface area contributed by atoms with Crippen LogP contribution in [0.3, 0.4) is 0 Å². The summed E-state index contributed by atoms with van der Waals surface area (Å²) < 4.78 is 0. The van der Waals surface area contributed by atoms with Gasteiger partial charge in [0.1, 0.15) is 5.75 Å². The van der Waals surface area contributed by atoms with Gasteiger partial charge in [0.15, 0.2) is 0 Å². The molecule has 1 atom stereocenters. The van der Waals surface area contributed by atoms with Gasteiger partial charge in [0, 0.05) is 18.1 Å². The largest absolute Gasteiger partial charge is 0.508 e. The maximum absolute atomic E-state index is 10.3. The standard InChI is InChI=1S/C28H46N2O/c1-3-23-11-8-19-30(22-23)26-14-17-28(18-15-26,25-12-7-13-27(31)21-25)29(2)20-16-24-9-5-4-6-10-24/h7,12-13,21,23-24,26,31H,3-6,8-11,14-20,22H2,1-2H3. The van der Waals surface area contributed by atoms with Crippen LogP contribution in [0.25, 0.3) is 0 Å². The van der Waals surface area contributed by atoms with E-state index in [1.807, 2.05) is 18.2 Å². The SMILES string of the molecule is CCC1CCCN(C2CCC(c3cccc(O)c3)(N(C)CCC3CCCCC3)CC2)C1. The Morgan fingerprint density at radius 1 is 1.00 bits per heavy atom. The summed E-state index contributed by atoms with van der Waals surface area (Å²) in [6, 6.07) is 8.94. The first-order valence-electron chi connectivity index (χ1n) is 13.4. The molecule has 1 unspecified atom stereocenters. The van der Waals surface area contributed by atoms with Gasteiger partial charge in [-0.05, 0) is 94.6 Å². The quantitative estimate of drug-likeness (QED) is 0.535. The van der Waals surface area contributed by atoms with Crippen LogP contribution in [0.1, 0.15) is 96.0 Å². The third-order valence-electron chi connectivity index (χ3n) is 9.14. The number of rotatable bonds is 7. The van der Waals surface area contributed by atoms with E-state index in [1.165, 1.54) is 109 Å². The van der Waals surface area contributed by atoms with Crippen molar-refractivity contribution in [1.82, 2.24) is 9.80 Å². The number of hydrogen-bond acceptors (Lipinski definition) is 3. The second-order valence-electron chi connectivity index (χ2n) is 10.9. The highest BCUT2D eigenvalue weighted by atomic mass is 16.3. The lowest BCUT2D eigenvalue weighted by Crippen LogP contribution is -2.52. The van der Waals surface area contributed by atoms with E-state index in [0.717, 1.165) is 17.9 Å². The molecule has 1 heterocycles. The van der Waals surface area contributed by atoms with Crippen LogP contribution in [0.15, 0.2) is 24.3 Å². The number of phenols is 1. The Bertz CT molecular complexity index is 675. The molecule has 1 aromatic carbocycles. The second-order valence-corrected chi connectivity index (χ2v) is 10.9. The Hall–Kier alpha value is -1.06. The number of aromatic hydroxyl groups is 1. The van der Waals surface area contributed by atoms with Crippen molar-refractivity contribution in [3.8, 4) is 5.75 Å². The molecular formula is C28H46N2O. The first-order chi connectivity index (χ1) is 15.1. The molecule has 0 aromatic heterocycles. The number of phenolic OH excluding ortho intramolecular Hbond substituents is 1. The predicted octanol–water partition coefficient (Wildman–Crippen LogP) is 6.55. The lowest BCUT2D eigenvalue weighted by molar-refractivity contribution is 0.0168. The van der Waals surface area contributed by atoms with Gasteiger partial charge < -0.3 is 10.0 Å². The summed E-state index contributed by atoms with van der Waals surface area (Å²) in [7, 11) is 2.36. The first-order valence-corrected chi connectivity index (χ1v) is 13.4. The van der Waals surface area contributed by atoms with Gasteiger partial charge in [-0.2, -0.15) is 0 Å². The van der Waals surface area contributed by atoms with Gasteiger partial charge in [0.2, 0.25) is 0 Å². The Morgan fingerprint density at radius 2 is 1.74 bits per heavy atom. The Labute approximate surface area is 191 Å². The third kappa shape index (κ3) is 5.47. The second kappa shape index (κ2) is 10.7. The Kier molecular flexibility index (Phi) is 7.98. The molecule has 2 aliphatic carbocycles. The molecule has 2 saturated carbocycles. The van der Waals surface area contributed by atoms with Crippen LogP contribution in [-0.2, 0) is 5.54 Å². The minimum Gasteiger partial charge on any atom is -0.508 e. The van der Waals surface area contributed by atoms with Gasteiger partial charge >= 0.3 is 0 Å². The molecule has 1 aliphatic heterocycles. The van der Waals surface area contributed by atoms with Crippen molar-refractivity contribution in [3.63, 3.8) is 0 Å². The zero-order chi connectivity index (χ0) is 21.7. The molecule has 0 radical (unpaired) electrons. The Balaban J connectivity index is 1.45. The summed E-state index contributed by atoms with van der Waals surface area (Å²) in [5.41, 5.74) is 1.42. The van der Waals surface area contributed by atoms with Crippen molar-refractivity contribution in [2.75, 3.05) is 26.7 Å². The fraction of sp³-hybridized carbons (Fsp3) is 0.786. The van der Waals surface area contributed by atoms with E-state index in [4.69, 9.17) is 0 Å². The molecule has 3 nitrogen and oxygen atoms in total.